The minimum atomic E-state index is -0.417. The van der Waals surface area contributed by atoms with Crippen LogP contribution in [0.1, 0.15) is 31.0 Å². The van der Waals surface area contributed by atoms with Crippen LogP contribution >= 0.6 is 11.3 Å². The Labute approximate surface area is 130 Å². The average Bonchev–Trinajstić information content (AvgIpc) is 2.98. The molecule has 1 aromatic carbocycles. The number of ether oxygens (including phenoxy) is 1. The molecule has 112 valence electrons. The maximum absolute atomic E-state index is 12.2. The molecule has 0 aliphatic heterocycles. The van der Waals surface area contributed by atoms with Gasteiger partial charge in [-0.25, -0.2) is 4.79 Å². The summed E-state index contributed by atoms with van der Waals surface area (Å²) >= 11 is 1.69. The zero-order valence-corrected chi connectivity index (χ0v) is 13.2. The van der Waals surface area contributed by atoms with E-state index in [1.807, 2.05) is 37.3 Å². The van der Waals surface area contributed by atoms with Gasteiger partial charge in [0.05, 0.1) is 6.61 Å². The van der Waals surface area contributed by atoms with E-state index in [1.165, 1.54) is 5.56 Å². The first-order valence-corrected chi connectivity index (χ1v) is 8.13. The molecule has 0 radical (unpaired) electrons. The quantitative estimate of drug-likeness (QED) is 0.795. The molecule has 0 saturated carbocycles. The van der Waals surface area contributed by atoms with E-state index in [2.05, 4.69) is 29.1 Å². The second kappa shape index (κ2) is 7.96. The predicted octanol–water partition coefficient (Wildman–Crippen LogP) is 3.57. The Bertz CT molecular complexity index is 539. The Morgan fingerprint density at radius 1 is 1.29 bits per heavy atom. The number of esters is 1. The average molecular weight is 303 g/mol. The molecule has 0 fully saturated rings. The van der Waals surface area contributed by atoms with Gasteiger partial charge in [-0.2, -0.15) is 11.3 Å². The highest BCUT2D eigenvalue weighted by Crippen LogP contribution is 2.17. The summed E-state index contributed by atoms with van der Waals surface area (Å²) in [6, 6.07) is 11.6. The molecule has 3 nitrogen and oxygen atoms in total. The second-order valence-electron chi connectivity index (χ2n) is 5.00. The van der Waals surface area contributed by atoms with Crippen LogP contribution < -0.4 is 5.32 Å². The van der Waals surface area contributed by atoms with Crippen molar-refractivity contribution in [2.45, 2.75) is 32.4 Å². The van der Waals surface area contributed by atoms with Crippen LogP contribution in [0.25, 0.3) is 0 Å². The Kier molecular flexibility index (Phi) is 5.96. The van der Waals surface area contributed by atoms with Crippen molar-refractivity contribution in [1.29, 1.82) is 0 Å². The Balaban J connectivity index is 2.06. The first kappa shape index (κ1) is 15.7. The summed E-state index contributed by atoms with van der Waals surface area (Å²) in [6.07, 6.45) is 0.895. The van der Waals surface area contributed by atoms with Crippen LogP contribution in [0, 0.1) is 0 Å². The van der Waals surface area contributed by atoms with Gasteiger partial charge in [-0.05, 0) is 48.2 Å². The van der Waals surface area contributed by atoms with Crippen LogP contribution in [-0.2, 0) is 16.0 Å². The number of benzene rings is 1. The van der Waals surface area contributed by atoms with Gasteiger partial charge >= 0.3 is 5.97 Å². The van der Waals surface area contributed by atoms with E-state index in [0.29, 0.717) is 6.61 Å². The van der Waals surface area contributed by atoms with Crippen molar-refractivity contribution < 1.29 is 9.53 Å². The van der Waals surface area contributed by atoms with Crippen LogP contribution in [0.4, 0.5) is 0 Å². The molecule has 0 spiro atoms. The Morgan fingerprint density at radius 3 is 2.67 bits per heavy atom. The van der Waals surface area contributed by atoms with Crippen LogP contribution in [0.15, 0.2) is 47.2 Å². The largest absolute Gasteiger partial charge is 0.465 e. The number of nitrogens with one attached hydrogen (secondary N) is 1. The van der Waals surface area contributed by atoms with Crippen molar-refractivity contribution in [3.8, 4) is 0 Å². The fraction of sp³-hybridized carbons (Fsp3) is 0.353. The maximum atomic E-state index is 12.2. The van der Waals surface area contributed by atoms with E-state index in [9.17, 15) is 4.79 Å². The van der Waals surface area contributed by atoms with E-state index in [0.717, 1.165) is 12.0 Å². The van der Waals surface area contributed by atoms with E-state index < -0.39 is 6.04 Å². The van der Waals surface area contributed by atoms with Crippen LogP contribution in [-0.4, -0.2) is 18.6 Å². The maximum Gasteiger partial charge on any atom is 0.327 e. The molecule has 2 rings (SSSR count). The van der Waals surface area contributed by atoms with Gasteiger partial charge in [0.1, 0.15) is 6.04 Å². The highest BCUT2D eigenvalue weighted by atomic mass is 32.1. The molecule has 0 bridgehead atoms. The normalized spacial score (nSPS) is 13.6. The first-order chi connectivity index (χ1) is 10.2. The fourth-order valence-electron chi connectivity index (χ4n) is 2.28. The van der Waals surface area contributed by atoms with Crippen molar-refractivity contribution in [2.75, 3.05) is 6.61 Å². The topological polar surface area (TPSA) is 38.3 Å². The first-order valence-electron chi connectivity index (χ1n) is 7.19. The molecule has 1 heterocycles. The van der Waals surface area contributed by atoms with Gasteiger partial charge in [0.25, 0.3) is 0 Å². The number of hydrogen-bond donors (Lipinski definition) is 1. The summed E-state index contributed by atoms with van der Waals surface area (Å²) in [5.41, 5.74) is 2.23. The summed E-state index contributed by atoms with van der Waals surface area (Å²) in [5, 5.41) is 7.60. The lowest BCUT2D eigenvalue weighted by atomic mass is 10.0. The van der Waals surface area contributed by atoms with Crippen LogP contribution in [0.5, 0.6) is 0 Å². The second-order valence-corrected chi connectivity index (χ2v) is 5.78. The van der Waals surface area contributed by atoms with E-state index in [4.69, 9.17) is 4.74 Å². The highest BCUT2D eigenvalue weighted by Gasteiger charge is 2.23. The Morgan fingerprint density at radius 2 is 2.05 bits per heavy atom. The molecule has 2 unspecified atom stereocenters. The van der Waals surface area contributed by atoms with E-state index in [-0.39, 0.29) is 12.0 Å². The molecule has 4 heteroatoms. The number of rotatable bonds is 7. The van der Waals surface area contributed by atoms with Crippen molar-refractivity contribution in [1.82, 2.24) is 5.32 Å². The van der Waals surface area contributed by atoms with Gasteiger partial charge in [0, 0.05) is 6.04 Å². The zero-order chi connectivity index (χ0) is 15.1. The van der Waals surface area contributed by atoms with Crippen molar-refractivity contribution in [3.05, 3.63) is 58.3 Å². The standard InChI is InChI=1S/C17H21NO2S/c1-3-20-17(19)16(15-7-5-4-6-8-15)18-13(2)11-14-9-10-21-12-14/h4-10,12-13,16,18H,3,11H2,1-2H3. The summed E-state index contributed by atoms with van der Waals surface area (Å²) < 4.78 is 5.20. The summed E-state index contributed by atoms with van der Waals surface area (Å²) in [6.45, 7) is 4.31. The van der Waals surface area contributed by atoms with Crippen LogP contribution in [0.2, 0.25) is 0 Å². The fourth-order valence-corrected chi connectivity index (χ4v) is 2.96. The lowest BCUT2D eigenvalue weighted by molar-refractivity contribution is -0.146. The molecule has 0 saturated heterocycles. The molecule has 1 N–H and O–H groups in total. The predicted molar refractivity (Wildman–Crippen MR) is 86.4 cm³/mol. The number of carbonyl (C=O) groups excluding carboxylic acids is 1. The zero-order valence-electron chi connectivity index (χ0n) is 12.4. The van der Waals surface area contributed by atoms with Gasteiger partial charge in [-0.1, -0.05) is 30.3 Å². The number of carbonyl (C=O) groups is 1. The summed E-state index contributed by atoms with van der Waals surface area (Å²) in [4.78, 5) is 12.2. The Hall–Kier alpha value is -1.65. The van der Waals surface area contributed by atoms with Crippen molar-refractivity contribution >= 4 is 17.3 Å². The van der Waals surface area contributed by atoms with E-state index in [1.54, 1.807) is 11.3 Å². The molecule has 2 atom stereocenters. The molecular formula is C17H21NO2S. The lowest BCUT2D eigenvalue weighted by Gasteiger charge is -2.22. The van der Waals surface area contributed by atoms with E-state index >= 15 is 0 Å². The minimum absolute atomic E-state index is 0.189. The van der Waals surface area contributed by atoms with Gasteiger partial charge < -0.3 is 4.74 Å². The molecule has 0 aliphatic rings. The molecule has 1 aromatic heterocycles. The number of hydrogen-bond acceptors (Lipinski definition) is 4. The summed E-state index contributed by atoms with van der Waals surface area (Å²) in [5.74, 6) is -0.221. The lowest BCUT2D eigenvalue weighted by Crippen LogP contribution is -2.37. The third-order valence-electron chi connectivity index (χ3n) is 3.23. The van der Waals surface area contributed by atoms with Gasteiger partial charge in [0.15, 0.2) is 0 Å². The van der Waals surface area contributed by atoms with Gasteiger partial charge in [-0.15, -0.1) is 0 Å². The highest BCUT2D eigenvalue weighted by molar-refractivity contribution is 7.07. The molecular weight excluding hydrogens is 282 g/mol. The third kappa shape index (κ3) is 4.69. The molecule has 0 amide bonds. The number of thiophene rings is 1. The molecule has 2 aromatic rings. The summed E-state index contributed by atoms with van der Waals surface area (Å²) in [7, 11) is 0. The van der Waals surface area contributed by atoms with Gasteiger partial charge in [-0.3, -0.25) is 5.32 Å². The smallest absolute Gasteiger partial charge is 0.327 e. The SMILES string of the molecule is CCOC(=O)C(NC(C)Cc1ccsc1)c1ccccc1. The van der Waals surface area contributed by atoms with Crippen molar-refractivity contribution in [2.24, 2.45) is 0 Å². The molecule has 21 heavy (non-hydrogen) atoms. The molecule has 0 aliphatic carbocycles. The monoisotopic (exact) mass is 303 g/mol. The van der Waals surface area contributed by atoms with Crippen molar-refractivity contribution in [3.63, 3.8) is 0 Å². The van der Waals surface area contributed by atoms with Gasteiger partial charge in [0.2, 0.25) is 0 Å². The van der Waals surface area contributed by atoms with Crippen LogP contribution in [0.3, 0.4) is 0 Å². The third-order valence-corrected chi connectivity index (χ3v) is 3.96. The minimum Gasteiger partial charge on any atom is -0.465 e.